The summed E-state index contributed by atoms with van der Waals surface area (Å²) in [6, 6.07) is 3.55. The van der Waals surface area contributed by atoms with E-state index in [1.807, 2.05) is 6.92 Å². The number of likely N-dealkylation sites (N-methyl/N-ethyl adjacent to an activating group) is 1. The summed E-state index contributed by atoms with van der Waals surface area (Å²) in [6.07, 6.45) is 6.72. The number of aromatic nitrogens is 3. The lowest BCUT2D eigenvalue weighted by Crippen LogP contribution is -2.31. The zero-order valence-electron chi connectivity index (χ0n) is 10.8. The number of carbonyl (C=O) groups excluding carboxylic acids is 1. The minimum Gasteiger partial charge on any atom is -0.351 e. The Balaban J connectivity index is 1.93. The second-order valence-electron chi connectivity index (χ2n) is 3.98. The van der Waals surface area contributed by atoms with Crippen LogP contribution in [0.2, 0.25) is 0 Å². The standard InChI is InChI=1S/C13H17N5O/c1-2-14-5-6-16-13(19)11-3-4-12(17-9-11)18-8-7-15-10-18/h3-4,7-10,14H,2,5-6H2,1H3,(H,16,19). The molecule has 0 bridgehead atoms. The predicted octanol–water partition coefficient (Wildman–Crippen LogP) is 0.607. The van der Waals surface area contributed by atoms with Crippen molar-refractivity contribution >= 4 is 5.91 Å². The van der Waals surface area contributed by atoms with Gasteiger partial charge >= 0.3 is 0 Å². The number of hydrogen-bond acceptors (Lipinski definition) is 4. The molecule has 6 nitrogen and oxygen atoms in total. The van der Waals surface area contributed by atoms with E-state index >= 15 is 0 Å². The van der Waals surface area contributed by atoms with Gasteiger partial charge in [-0.25, -0.2) is 9.97 Å². The highest BCUT2D eigenvalue weighted by Crippen LogP contribution is 2.05. The number of rotatable bonds is 6. The molecule has 2 rings (SSSR count). The zero-order valence-corrected chi connectivity index (χ0v) is 10.8. The SMILES string of the molecule is CCNCCNC(=O)c1ccc(-n2ccnc2)nc1. The van der Waals surface area contributed by atoms with Gasteiger partial charge in [-0.1, -0.05) is 6.92 Å². The van der Waals surface area contributed by atoms with Crippen LogP contribution in [0, 0.1) is 0 Å². The first-order chi connectivity index (χ1) is 9.31. The van der Waals surface area contributed by atoms with Crippen molar-refractivity contribution in [1.82, 2.24) is 25.2 Å². The van der Waals surface area contributed by atoms with Gasteiger partial charge in [-0.15, -0.1) is 0 Å². The second kappa shape index (κ2) is 6.65. The monoisotopic (exact) mass is 259 g/mol. The van der Waals surface area contributed by atoms with Gasteiger partial charge in [-0.3, -0.25) is 9.36 Å². The highest BCUT2D eigenvalue weighted by molar-refractivity contribution is 5.93. The first kappa shape index (κ1) is 13.2. The average Bonchev–Trinajstić information content (AvgIpc) is 2.98. The summed E-state index contributed by atoms with van der Waals surface area (Å²) in [5.74, 6) is 0.629. The van der Waals surface area contributed by atoms with E-state index in [2.05, 4.69) is 20.6 Å². The number of imidazole rings is 1. The lowest BCUT2D eigenvalue weighted by molar-refractivity contribution is 0.0953. The van der Waals surface area contributed by atoms with E-state index in [0.717, 1.165) is 18.9 Å². The number of nitrogens with one attached hydrogen (secondary N) is 2. The van der Waals surface area contributed by atoms with Crippen molar-refractivity contribution in [1.29, 1.82) is 0 Å². The third-order valence-corrected chi connectivity index (χ3v) is 2.62. The molecule has 2 N–H and O–H groups in total. The van der Waals surface area contributed by atoms with Crippen LogP contribution in [0.5, 0.6) is 0 Å². The number of hydrogen-bond donors (Lipinski definition) is 2. The van der Waals surface area contributed by atoms with E-state index in [0.29, 0.717) is 12.1 Å². The van der Waals surface area contributed by atoms with Crippen molar-refractivity contribution in [2.45, 2.75) is 6.92 Å². The molecule has 0 radical (unpaired) electrons. The maximum absolute atomic E-state index is 11.8. The Morgan fingerprint density at radius 3 is 2.89 bits per heavy atom. The number of amides is 1. The molecule has 2 aromatic rings. The summed E-state index contributed by atoms with van der Waals surface area (Å²) in [4.78, 5) is 20.0. The van der Waals surface area contributed by atoms with Crippen LogP contribution in [-0.4, -0.2) is 40.1 Å². The van der Waals surface area contributed by atoms with E-state index in [4.69, 9.17) is 0 Å². The Labute approximate surface area is 111 Å². The molecule has 0 saturated carbocycles. The Morgan fingerprint density at radius 2 is 2.26 bits per heavy atom. The van der Waals surface area contributed by atoms with Crippen LogP contribution in [0.1, 0.15) is 17.3 Å². The van der Waals surface area contributed by atoms with Gasteiger partial charge in [0.15, 0.2) is 0 Å². The molecule has 0 aliphatic heterocycles. The largest absolute Gasteiger partial charge is 0.351 e. The lowest BCUT2D eigenvalue weighted by atomic mass is 10.2. The minimum absolute atomic E-state index is 0.109. The molecule has 0 aromatic carbocycles. The molecule has 0 fully saturated rings. The van der Waals surface area contributed by atoms with Gasteiger partial charge in [0.2, 0.25) is 0 Å². The molecule has 2 aromatic heterocycles. The number of nitrogens with zero attached hydrogens (tertiary/aromatic N) is 3. The normalized spacial score (nSPS) is 10.4. The van der Waals surface area contributed by atoms with E-state index in [1.165, 1.54) is 0 Å². The first-order valence-electron chi connectivity index (χ1n) is 6.24. The molecule has 0 unspecified atom stereocenters. The molecule has 100 valence electrons. The molecule has 19 heavy (non-hydrogen) atoms. The van der Waals surface area contributed by atoms with Crippen LogP contribution in [0.4, 0.5) is 0 Å². The van der Waals surface area contributed by atoms with Crippen molar-refractivity contribution < 1.29 is 4.79 Å². The molecule has 1 amide bonds. The van der Waals surface area contributed by atoms with Crippen LogP contribution in [0.3, 0.4) is 0 Å². The molecule has 2 heterocycles. The first-order valence-corrected chi connectivity index (χ1v) is 6.24. The van der Waals surface area contributed by atoms with Gasteiger partial charge in [0, 0.05) is 31.7 Å². The van der Waals surface area contributed by atoms with Crippen LogP contribution in [0.25, 0.3) is 5.82 Å². The summed E-state index contributed by atoms with van der Waals surface area (Å²) in [5.41, 5.74) is 0.556. The molecule has 0 aliphatic carbocycles. The van der Waals surface area contributed by atoms with Crippen molar-refractivity contribution in [2.24, 2.45) is 0 Å². The Kier molecular flexibility index (Phi) is 4.63. The summed E-state index contributed by atoms with van der Waals surface area (Å²) >= 11 is 0. The quantitative estimate of drug-likeness (QED) is 0.745. The van der Waals surface area contributed by atoms with Crippen LogP contribution in [0.15, 0.2) is 37.1 Å². The van der Waals surface area contributed by atoms with E-state index in [-0.39, 0.29) is 5.91 Å². The summed E-state index contributed by atoms with van der Waals surface area (Å²) in [5, 5.41) is 5.97. The maximum Gasteiger partial charge on any atom is 0.252 e. The summed E-state index contributed by atoms with van der Waals surface area (Å²) in [7, 11) is 0. The van der Waals surface area contributed by atoms with E-state index in [9.17, 15) is 4.79 Å². The van der Waals surface area contributed by atoms with Gasteiger partial charge in [0.1, 0.15) is 12.1 Å². The highest BCUT2D eigenvalue weighted by atomic mass is 16.1. The maximum atomic E-state index is 11.8. The predicted molar refractivity (Wildman–Crippen MR) is 72.2 cm³/mol. The van der Waals surface area contributed by atoms with Crippen molar-refractivity contribution in [3.63, 3.8) is 0 Å². The smallest absolute Gasteiger partial charge is 0.252 e. The van der Waals surface area contributed by atoms with Gasteiger partial charge in [0.05, 0.1) is 5.56 Å². The van der Waals surface area contributed by atoms with E-state index in [1.54, 1.807) is 41.6 Å². The molecule has 0 aliphatic rings. The molecular weight excluding hydrogens is 242 g/mol. The van der Waals surface area contributed by atoms with Gasteiger partial charge < -0.3 is 10.6 Å². The molecule has 6 heteroatoms. The van der Waals surface area contributed by atoms with Crippen LogP contribution in [-0.2, 0) is 0 Å². The number of carbonyl (C=O) groups is 1. The van der Waals surface area contributed by atoms with Crippen LogP contribution >= 0.6 is 0 Å². The lowest BCUT2D eigenvalue weighted by Gasteiger charge is -2.06. The highest BCUT2D eigenvalue weighted by Gasteiger charge is 2.05. The molecular formula is C13H17N5O. The number of pyridine rings is 1. The Hall–Kier alpha value is -2.21. The second-order valence-corrected chi connectivity index (χ2v) is 3.98. The average molecular weight is 259 g/mol. The molecule has 0 spiro atoms. The van der Waals surface area contributed by atoms with Crippen molar-refractivity contribution in [3.05, 3.63) is 42.6 Å². The summed E-state index contributed by atoms with van der Waals surface area (Å²) in [6.45, 7) is 4.30. The fraction of sp³-hybridized carbons (Fsp3) is 0.308. The fourth-order valence-corrected chi connectivity index (χ4v) is 1.61. The topological polar surface area (TPSA) is 71.8 Å². The van der Waals surface area contributed by atoms with Gasteiger partial charge in [-0.05, 0) is 18.7 Å². The summed E-state index contributed by atoms with van der Waals surface area (Å²) < 4.78 is 1.78. The Bertz CT molecular complexity index is 506. The zero-order chi connectivity index (χ0) is 13.5. The van der Waals surface area contributed by atoms with Gasteiger partial charge in [0.25, 0.3) is 5.91 Å². The van der Waals surface area contributed by atoms with Gasteiger partial charge in [-0.2, -0.15) is 0 Å². The molecule has 0 saturated heterocycles. The fourth-order valence-electron chi connectivity index (χ4n) is 1.61. The Morgan fingerprint density at radius 1 is 1.37 bits per heavy atom. The minimum atomic E-state index is -0.109. The molecule has 0 atom stereocenters. The van der Waals surface area contributed by atoms with Crippen molar-refractivity contribution in [2.75, 3.05) is 19.6 Å². The van der Waals surface area contributed by atoms with Crippen molar-refractivity contribution in [3.8, 4) is 5.82 Å². The third kappa shape index (κ3) is 3.62. The van der Waals surface area contributed by atoms with E-state index < -0.39 is 0 Å². The van der Waals surface area contributed by atoms with Crippen LogP contribution < -0.4 is 10.6 Å². The third-order valence-electron chi connectivity index (χ3n) is 2.62.